The van der Waals surface area contributed by atoms with E-state index in [-0.39, 0.29) is 11.4 Å². The number of aromatic nitrogens is 3. The van der Waals surface area contributed by atoms with E-state index in [4.69, 9.17) is 11.6 Å². The summed E-state index contributed by atoms with van der Waals surface area (Å²) >= 11 is 6.98. The lowest BCUT2D eigenvalue weighted by Crippen LogP contribution is -2.51. The molecule has 0 fully saturated rings. The molecular weight excluding hydrogens is 326 g/mol. The molecule has 1 aromatic heterocycles. The van der Waals surface area contributed by atoms with Gasteiger partial charge in [0.15, 0.2) is 0 Å². The maximum atomic E-state index is 13.2. The molecule has 6 heteroatoms. The molecule has 2 aliphatic rings. The fourth-order valence-electron chi connectivity index (χ4n) is 4.65. The topological polar surface area (TPSA) is 48.9 Å². The Morgan fingerprint density at radius 2 is 1.25 bits per heavy atom. The number of hydrogen-bond acceptors (Lipinski definition) is 2. The monoisotopic (exact) mass is 345 g/mol. The Bertz CT molecular complexity index is 965. The van der Waals surface area contributed by atoms with E-state index in [9.17, 15) is 9.59 Å². The predicted octanol–water partition coefficient (Wildman–Crippen LogP) is 2.59. The summed E-state index contributed by atoms with van der Waals surface area (Å²) in [5.74, 6) is 0. The third-order valence-corrected chi connectivity index (χ3v) is 7.39. The van der Waals surface area contributed by atoms with Gasteiger partial charge in [0.05, 0.1) is 10.6 Å². The fraction of sp³-hybridized carbons (Fsp3) is 0.444. The largest absolute Gasteiger partial charge is 0.352 e. The van der Waals surface area contributed by atoms with Crippen molar-refractivity contribution in [2.24, 2.45) is 0 Å². The second-order valence-corrected chi connectivity index (χ2v) is 8.01. The van der Waals surface area contributed by atoms with Crippen LogP contribution in [0.3, 0.4) is 0 Å². The lowest BCUT2D eigenvalue weighted by atomic mass is 9.79. The molecule has 0 saturated heterocycles. The molecule has 4 rings (SSSR count). The highest BCUT2D eigenvalue weighted by molar-refractivity contribution is 6.26. The van der Waals surface area contributed by atoms with Crippen molar-refractivity contribution in [1.82, 2.24) is 13.9 Å². The highest BCUT2D eigenvalue weighted by Gasteiger charge is 2.72. The Hall–Kier alpha value is -2.01. The molecule has 1 aromatic carbocycles. The molecule has 0 amide bonds. The normalized spacial score (nSPS) is 34.1. The minimum absolute atomic E-state index is 0.351. The molecule has 126 valence electrons. The Balaban J connectivity index is 2.17. The summed E-state index contributed by atoms with van der Waals surface area (Å²) in [7, 11) is 0. The van der Waals surface area contributed by atoms with Crippen molar-refractivity contribution in [1.29, 1.82) is 0 Å². The quantitative estimate of drug-likeness (QED) is 0.589. The minimum atomic E-state index is -0.789. The summed E-state index contributed by atoms with van der Waals surface area (Å²) in [6, 6.07) is 9.01. The maximum Gasteiger partial charge on any atom is 0.352 e. The molecule has 1 aliphatic carbocycles. The predicted molar refractivity (Wildman–Crippen MR) is 94.2 cm³/mol. The number of fused-ring (bicyclic) bond motifs is 5. The van der Waals surface area contributed by atoms with Crippen LogP contribution in [0.4, 0.5) is 0 Å². The molecule has 24 heavy (non-hydrogen) atoms. The summed E-state index contributed by atoms with van der Waals surface area (Å²) in [6.07, 6.45) is 0. The van der Waals surface area contributed by atoms with Crippen LogP contribution in [0, 0.1) is 0 Å². The lowest BCUT2D eigenvalue weighted by Gasteiger charge is -2.36. The van der Waals surface area contributed by atoms with Crippen molar-refractivity contribution < 1.29 is 0 Å². The summed E-state index contributed by atoms with van der Waals surface area (Å²) in [5.41, 5.74) is 0.477. The van der Waals surface area contributed by atoms with Crippen molar-refractivity contribution in [3.8, 4) is 5.69 Å². The Labute approximate surface area is 144 Å². The molecule has 0 N–H and O–H groups in total. The van der Waals surface area contributed by atoms with E-state index in [1.54, 1.807) is 21.5 Å². The van der Waals surface area contributed by atoms with Gasteiger partial charge in [-0.05, 0) is 57.9 Å². The van der Waals surface area contributed by atoms with Gasteiger partial charge < -0.3 is 0 Å². The van der Waals surface area contributed by atoms with Crippen molar-refractivity contribution in [3.63, 3.8) is 0 Å². The molecule has 1 unspecified atom stereocenters. The van der Waals surface area contributed by atoms with E-state index < -0.39 is 16.0 Å². The smallest absolute Gasteiger partial charge is 0.245 e. The van der Waals surface area contributed by atoms with Crippen LogP contribution in [0.25, 0.3) is 5.69 Å². The molecule has 3 atom stereocenters. The van der Waals surface area contributed by atoms with Crippen LogP contribution in [0.2, 0.25) is 0 Å². The standard InChI is InChI=1S/C18H20ClN3O2/c1-11-12(2)17(4)18(5,19)16(11,3)21-14(23)20(15(24)22(17)21)13-9-7-6-8-10-13/h6-10H,1-5H3/t16-,17+,18?. The molecule has 0 saturated carbocycles. The maximum absolute atomic E-state index is 13.2. The van der Waals surface area contributed by atoms with Crippen LogP contribution in [0.5, 0.6) is 0 Å². The first-order valence-electron chi connectivity index (χ1n) is 8.02. The molecule has 0 radical (unpaired) electrons. The zero-order valence-corrected chi connectivity index (χ0v) is 15.2. The van der Waals surface area contributed by atoms with Crippen molar-refractivity contribution in [2.45, 2.75) is 50.6 Å². The Morgan fingerprint density at radius 1 is 0.833 bits per heavy atom. The second-order valence-electron chi connectivity index (χ2n) is 7.26. The number of para-hydroxylation sites is 1. The van der Waals surface area contributed by atoms with Gasteiger partial charge in [-0.25, -0.2) is 23.5 Å². The van der Waals surface area contributed by atoms with E-state index in [2.05, 4.69) is 0 Å². The fourth-order valence-corrected chi connectivity index (χ4v) is 5.09. The van der Waals surface area contributed by atoms with Gasteiger partial charge in [-0.2, -0.15) is 0 Å². The van der Waals surface area contributed by atoms with Gasteiger partial charge in [-0.3, -0.25) is 0 Å². The number of nitrogens with zero attached hydrogens (tertiary/aromatic N) is 3. The summed E-state index contributed by atoms with van der Waals surface area (Å²) < 4.78 is 4.34. The lowest BCUT2D eigenvalue weighted by molar-refractivity contribution is 0.299. The highest BCUT2D eigenvalue weighted by atomic mass is 35.5. The molecule has 0 spiro atoms. The van der Waals surface area contributed by atoms with Crippen LogP contribution in [0.15, 0.2) is 51.1 Å². The van der Waals surface area contributed by atoms with Gasteiger partial charge in [0.25, 0.3) is 0 Å². The highest BCUT2D eigenvalue weighted by Crippen LogP contribution is 2.63. The third-order valence-electron chi connectivity index (χ3n) is 6.66. The minimum Gasteiger partial charge on any atom is -0.245 e. The molecule has 2 heterocycles. The summed E-state index contributed by atoms with van der Waals surface area (Å²) in [4.78, 5) is 25.6. The first-order chi connectivity index (χ1) is 11.1. The number of benzene rings is 1. The van der Waals surface area contributed by atoms with Gasteiger partial charge in [0, 0.05) is 0 Å². The van der Waals surface area contributed by atoms with Gasteiger partial charge in [-0.1, -0.05) is 18.2 Å². The van der Waals surface area contributed by atoms with Gasteiger partial charge >= 0.3 is 11.4 Å². The average molecular weight is 346 g/mol. The Morgan fingerprint density at radius 3 is 1.67 bits per heavy atom. The molecule has 2 aromatic rings. The number of halogens is 1. The third kappa shape index (κ3) is 1.25. The number of alkyl halides is 1. The summed E-state index contributed by atoms with van der Waals surface area (Å²) in [5, 5.41) is 0. The van der Waals surface area contributed by atoms with Crippen LogP contribution in [-0.4, -0.2) is 18.8 Å². The zero-order valence-electron chi connectivity index (χ0n) is 14.4. The van der Waals surface area contributed by atoms with Crippen LogP contribution in [-0.2, 0) is 11.1 Å². The van der Waals surface area contributed by atoms with Crippen molar-refractivity contribution in [3.05, 3.63) is 62.4 Å². The van der Waals surface area contributed by atoms with Crippen LogP contribution in [0.1, 0.15) is 34.6 Å². The van der Waals surface area contributed by atoms with Crippen LogP contribution >= 0.6 is 11.6 Å². The second kappa shape index (κ2) is 4.14. The average Bonchev–Trinajstić information content (AvgIpc) is 2.93. The van der Waals surface area contributed by atoms with E-state index in [1.165, 1.54) is 4.57 Å². The number of allylic oxidation sites excluding steroid dienone is 2. The Kier molecular flexibility index (Phi) is 2.68. The molecule has 1 aliphatic heterocycles. The molecule has 2 bridgehead atoms. The first-order valence-corrected chi connectivity index (χ1v) is 8.40. The van der Waals surface area contributed by atoms with Crippen LogP contribution < -0.4 is 11.4 Å². The number of rotatable bonds is 1. The van der Waals surface area contributed by atoms with Gasteiger partial charge in [0.1, 0.15) is 11.1 Å². The van der Waals surface area contributed by atoms with Crippen molar-refractivity contribution >= 4 is 11.6 Å². The van der Waals surface area contributed by atoms with Crippen molar-refractivity contribution in [2.75, 3.05) is 0 Å². The van der Waals surface area contributed by atoms with E-state index in [0.29, 0.717) is 5.69 Å². The molecule has 5 nitrogen and oxygen atoms in total. The summed E-state index contributed by atoms with van der Waals surface area (Å²) in [6.45, 7) is 9.82. The molecular formula is C18H20ClN3O2. The van der Waals surface area contributed by atoms with Gasteiger partial charge in [0.2, 0.25) is 0 Å². The first kappa shape index (κ1) is 15.5. The van der Waals surface area contributed by atoms with E-state index in [1.807, 2.05) is 52.8 Å². The van der Waals surface area contributed by atoms with E-state index in [0.717, 1.165) is 11.1 Å². The van der Waals surface area contributed by atoms with E-state index >= 15 is 0 Å². The SMILES string of the molecule is CC1=C(C)[C@]2(C)n3c(=O)n(-c4ccccc4)c(=O)n3[C@@]1(C)C2(C)Cl. The number of hydrogen-bond donors (Lipinski definition) is 0. The van der Waals surface area contributed by atoms with Gasteiger partial charge in [-0.15, -0.1) is 11.6 Å². The zero-order chi connectivity index (χ0) is 17.7.